The van der Waals surface area contributed by atoms with Crippen LogP contribution in [0.3, 0.4) is 0 Å². The van der Waals surface area contributed by atoms with E-state index in [1.807, 2.05) is 11.6 Å². The summed E-state index contributed by atoms with van der Waals surface area (Å²) in [5, 5.41) is 11.7. The highest BCUT2D eigenvalue weighted by Crippen LogP contribution is 2.32. The van der Waals surface area contributed by atoms with Gasteiger partial charge >= 0.3 is 6.09 Å². The molecule has 30 heavy (non-hydrogen) atoms. The summed E-state index contributed by atoms with van der Waals surface area (Å²) in [5.41, 5.74) is 6.96. The summed E-state index contributed by atoms with van der Waals surface area (Å²) in [7, 11) is 1.98. The largest absolute Gasteiger partial charge is 0.444 e. The fourth-order valence-electron chi connectivity index (χ4n) is 3.13. The maximum Gasteiger partial charge on any atom is 0.408 e. The molecule has 0 spiro atoms. The Hall–Kier alpha value is -3.21. The third-order valence-electron chi connectivity index (χ3n) is 4.52. The second-order valence-electron chi connectivity index (χ2n) is 8.04. The number of nitriles is 1. The van der Waals surface area contributed by atoms with Gasteiger partial charge < -0.3 is 25.3 Å². The topological polar surface area (TPSA) is 113 Å². The second kappa shape index (κ2) is 10.5. The zero-order chi connectivity index (χ0) is 23.1. The molecule has 164 valence electrons. The van der Waals surface area contributed by atoms with Gasteiger partial charge in [-0.05, 0) is 46.6 Å². The lowest BCUT2D eigenvalue weighted by atomic mass is 10.1. The molecule has 1 atom stereocenters. The van der Waals surface area contributed by atoms with E-state index in [1.165, 1.54) is 19.8 Å². The summed E-state index contributed by atoms with van der Waals surface area (Å²) >= 11 is 0. The molecule has 1 aliphatic heterocycles. The standard InChI is InChI=1S/C14H17N3.C8H16N2O3/c1-4-11-12(10-15)14(16(3)13(11)5-2)17-8-6-7-9-17;1-5(6(9)11)10-7(12)13-8(2,3)4/h4-5H,1-2,6-9H2,3H3;5H,1-4H3,(H2,9,11)(H,10,12). The number of carbonyl (C=O) groups excluding carboxylic acids is 2. The number of hydrogen-bond donors (Lipinski definition) is 2. The molecule has 1 unspecified atom stereocenters. The molecule has 0 aromatic carbocycles. The van der Waals surface area contributed by atoms with Gasteiger partial charge in [-0.25, -0.2) is 4.79 Å². The number of anilines is 1. The van der Waals surface area contributed by atoms with Crippen molar-refractivity contribution < 1.29 is 14.3 Å². The fraction of sp³-hybridized carbons (Fsp3) is 0.500. The van der Waals surface area contributed by atoms with Gasteiger partial charge in [-0.3, -0.25) is 4.79 Å². The number of ether oxygens (including phenoxy) is 1. The number of amides is 2. The van der Waals surface area contributed by atoms with Crippen molar-refractivity contribution in [2.24, 2.45) is 12.8 Å². The van der Waals surface area contributed by atoms with Crippen LogP contribution in [0.1, 0.15) is 57.4 Å². The van der Waals surface area contributed by atoms with Crippen LogP contribution in [-0.2, 0) is 16.6 Å². The Bertz CT molecular complexity index is 836. The molecular weight excluding hydrogens is 382 g/mol. The van der Waals surface area contributed by atoms with Gasteiger partial charge in [0.15, 0.2) is 0 Å². The first-order valence-corrected chi connectivity index (χ1v) is 9.88. The van der Waals surface area contributed by atoms with E-state index in [9.17, 15) is 14.9 Å². The number of carbonyl (C=O) groups is 2. The molecule has 1 aromatic rings. The fourth-order valence-corrected chi connectivity index (χ4v) is 3.13. The van der Waals surface area contributed by atoms with E-state index in [1.54, 1.807) is 32.9 Å². The second-order valence-corrected chi connectivity index (χ2v) is 8.04. The number of nitrogens with zero attached hydrogens (tertiary/aromatic N) is 3. The Morgan fingerprint density at radius 2 is 1.83 bits per heavy atom. The summed E-state index contributed by atoms with van der Waals surface area (Å²) in [4.78, 5) is 23.9. The van der Waals surface area contributed by atoms with Crippen LogP contribution >= 0.6 is 0 Å². The van der Waals surface area contributed by atoms with Crippen molar-refractivity contribution in [3.63, 3.8) is 0 Å². The van der Waals surface area contributed by atoms with Crippen LogP contribution in [0.4, 0.5) is 10.6 Å². The molecule has 2 heterocycles. The minimum Gasteiger partial charge on any atom is -0.444 e. The minimum absolute atomic E-state index is 0.568. The Labute approximate surface area is 179 Å². The molecule has 0 bridgehead atoms. The number of hydrogen-bond acceptors (Lipinski definition) is 5. The van der Waals surface area contributed by atoms with Crippen LogP contribution in [0, 0.1) is 11.3 Å². The first kappa shape index (κ1) is 24.8. The van der Waals surface area contributed by atoms with Crippen molar-refractivity contribution in [3.8, 4) is 6.07 Å². The first-order valence-electron chi connectivity index (χ1n) is 9.88. The summed E-state index contributed by atoms with van der Waals surface area (Å²) in [6.07, 6.45) is 5.29. The SMILES string of the molecule is C=Cc1c(C#N)c(N2CCCC2)n(C)c1C=C.CC(NC(=O)OC(C)(C)C)C(N)=O. The lowest BCUT2D eigenvalue weighted by Gasteiger charge is -2.20. The molecule has 1 aliphatic rings. The Balaban J connectivity index is 0.000000314. The predicted molar refractivity (Wildman–Crippen MR) is 120 cm³/mol. The van der Waals surface area contributed by atoms with Crippen molar-refractivity contribution in [1.29, 1.82) is 5.26 Å². The van der Waals surface area contributed by atoms with Gasteiger partial charge in [0, 0.05) is 25.7 Å². The van der Waals surface area contributed by atoms with E-state index in [2.05, 4.69) is 29.4 Å². The Morgan fingerprint density at radius 3 is 2.23 bits per heavy atom. The third kappa shape index (κ3) is 6.41. The number of rotatable bonds is 5. The zero-order valence-electron chi connectivity index (χ0n) is 18.6. The van der Waals surface area contributed by atoms with Crippen LogP contribution < -0.4 is 16.0 Å². The molecule has 1 aromatic heterocycles. The van der Waals surface area contributed by atoms with Gasteiger partial charge in [-0.2, -0.15) is 5.26 Å². The van der Waals surface area contributed by atoms with E-state index < -0.39 is 23.6 Å². The van der Waals surface area contributed by atoms with Gasteiger partial charge in [-0.15, -0.1) is 0 Å². The molecule has 0 saturated carbocycles. The number of primary amides is 1. The van der Waals surface area contributed by atoms with E-state index in [0.717, 1.165) is 35.7 Å². The maximum atomic E-state index is 11.0. The molecule has 0 aliphatic carbocycles. The molecule has 1 fully saturated rings. The number of nitrogens with one attached hydrogen (secondary N) is 1. The Morgan fingerprint density at radius 1 is 1.27 bits per heavy atom. The van der Waals surface area contributed by atoms with Crippen molar-refractivity contribution in [1.82, 2.24) is 9.88 Å². The van der Waals surface area contributed by atoms with Crippen LogP contribution in [-0.4, -0.2) is 41.3 Å². The summed E-state index contributed by atoms with van der Waals surface area (Å²) in [6.45, 7) is 16.4. The minimum atomic E-state index is -0.713. The maximum absolute atomic E-state index is 11.0. The average Bonchev–Trinajstić information content (AvgIpc) is 3.25. The zero-order valence-corrected chi connectivity index (χ0v) is 18.6. The number of alkyl carbamates (subject to hydrolysis) is 1. The molecule has 0 radical (unpaired) electrons. The third-order valence-corrected chi connectivity index (χ3v) is 4.52. The lowest BCUT2D eigenvalue weighted by Crippen LogP contribution is -2.44. The first-order chi connectivity index (χ1) is 14.0. The molecule has 2 amide bonds. The van der Waals surface area contributed by atoms with Crippen molar-refractivity contribution >= 4 is 30.0 Å². The van der Waals surface area contributed by atoms with Crippen LogP contribution in [0.15, 0.2) is 13.2 Å². The monoisotopic (exact) mass is 415 g/mol. The van der Waals surface area contributed by atoms with E-state index in [4.69, 9.17) is 10.5 Å². The highest BCUT2D eigenvalue weighted by atomic mass is 16.6. The quantitative estimate of drug-likeness (QED) is 0.767. The van der Waals surface area contributed by atoms with Crippen molar-refractivity contribution in [3.05, 3.63) is 30.0 Å². The smallest absolute Gasteiger partial charge is 0.408 e. The number of aromatic nitrogens is 1. The highest BCUT2D eigenvalue weighted by molar-refractivity contribution is 5.83. The van der Waals surface area contributed by atoms with Gasteiger partial charge in [0.05, 0.1) is 5.69 Å². The summed E-state index contributed by atoms with van der Waals surface area (Å²) in [5.74, 6) is 0.417. The molecule has 3 N–H and O–H groups in total. The average molecular weight is 416 g/mol. The summed E-state index contributed by atoms with van der Waals surface area (Å²) in [6, 6.07) is 1.59. The van der Waals surface area contributed by atoms with Crippen molar-refractivity contribution in [2.75, 3.05) is 18.0 Å². The van der Waals surface area contributed by atoms with Crippen molar-refractivity contribution in [2.45, 2.75) is 52.2 Å². The van der Waals surface area contributed by atoms with Gasteiger partial charge in [-0.1, -0.05) is 19.2 Å². The number of nitrogens with two attached hydrogens (primary N) is 1. The molecule has 8 heteroatoms. The lowest BCUT2D eigenvalue weighted by molar-refractivity contribution is -0.119. The van der Waals surface area contributed by atoms with Gasteiger partial charge in [0.1, 0.15) is 29.1 Å². The molecular formula is C22H33N5O3. The van der Waals surface area contributed by atoms with Gasteiger partial charge in [0.2, 0.25) is 5.91 Å². The summed E-state index contributed by atoms with van der Waals surface area (Å²) < 4.78 is 6.95. The van der Waals surface area contributed by atoms with Crippen LogP contribution in [0.25, 0.3) is 12.2 Å². The van der Waals surface area contributed by atoms with Crippen LogP contribution in [0.2, 0.25) is 0 Å². The molecule has 2 rings (SSSR count). The van der Waals surface area contributed by atoms with E-state index in [0.29, 0.717) is 0 Å². The predicted octanol–water partition coefficient (Wildman–Crippen LogP) is 3.17. The van der Waals surface area contributed by atoms with E-state index in [-0.39, 0.29) is 0 Å². The highest BCUT2D eigenvalue weighted by Gasteiger charge is 2.24. The van der Waals surface area contributed by atoms with Crippen LogP contribution in [0.5, 0.6) is 0 Å². The Kier molecular flexibility index (Phi) is 8.72. The normalized spacial score (nSPS) is 14.1. The molecule has 1 saturated heterocycles. The van der Waals surface area contributed by atoms with Gasteiger partial charge in [0.25, 0.3) is 0 Å². The van der Waals surface area contributed by atoms with E-state index >= 15 is 0 Å². The molecule has 8 nitrogen and oxygen atoms in total.